The van der Waals surface area contributed by atoms with Crippen molar-refractivity contribution in [1.29, 1.82) is 0 Å². The molecule has 0 aliphatic heterocycles. The van der Waals surface area contributed by atoms with E-state index in [1.54, 1.807) is 0 Å². The lowest BCUT2D eigenvalue weighted by molar-refractivity contribution is 0.0965. The zero-order valence-corrected chi connectivity index (χ0v) is 16.5. The van der Waals surface area contributed by atoms with Crippen molar-refractivity contribution in [2.45, 2.75) is 27.7 Å². The molecule has 2 N–H and O–H groups in total. The Morgan fingerprint density at radius 1 is 1.07 bits per heavy atom. The van der Waals surface area contributed by atoms with E-state index in [1.165, 1.54) is 11.3 Å². The molecule has 3 aromatic rings. The zero-order valence-electron chi connectivity index (χ0n) is 15.7. The van der Waals surface area contributed by atoms with Gasteiger partial charge in [0.05, 0.1) is 12.3 Å². The minimum Gasteiger partial charge on any atom is -0.494 e. The number of rotatable bonds is 6. The van der Waals surface area contributed by atoms with E-state index in [4.69, 9.17) is 4.74 Å². The van der Waals surface area contributed by atoms with E-state index in [1.807, 2.05) is 58.0 Å². The maximum atomic E-state index is 12.5. The fourth-order valence-electron chi connectivity index (χ4n) is 2.54. The third-order valence-corrected chi connectivity index (χ3v) is 4.89. The van der Waals surface area contributed by atoms with Crippen LogP contribution in [0.25, 0.3) is 10.6 Å². The van der Waals surface area contributed by atoms with Crippen LogP contribution in [0.4, 0.5) is 5.95 Å². The van der Waals surface area contributed by atoms with Gasteiger partial charge in [-0.2, -0.15) is 0 Å². The smallest absolute Gasteiger partial charge is 0.281 e. The fraction of sp³-hybridized carbons (Fsp3) is 0.263. The summed E-state index contributed by atoms with van der Waals surface area (Å²) in [7, 11) is 0. The molecule has 1 amide bonds. The zero-order chi connectivity index (χ0) is 19.4. The molecule has 0 unspecified atom stereocenters. The Balaban J connectivity index is 1.72. The van der Waals surface area contributed by atoms with Crippen molar-refractivity contribution >= 4 is 23.2 Å². The molecule has 27 heavy (non-hydrogen) atoms. The number of ether oxygens (including phenoxy) is 1. The van der Waals surface area contributed by atoms with Crippen molar-refractivity contribution in [2.75, 3.05) is 12.0 Å². The molecule has 2 heterocycles. The van der Waals surface area contributed by atoms with Crippen molar-refractivity contribution < 1.29 is 9.53 Å². The molecule has 1 aromatic carbocycles. The van der Waals surface area contributed by atoms with Gasteiger partial charge in [-0.25, -0.2) is 15.0 Å². The quantitative estimate of drug-likeness (QED) is 0.631. The SMILES string of the molecule is CCOc1ccc(-c2nc(C)c(C(=O)NNc3nc(C)cc(C)n3)s2)cc1. The molecule has 0 radical (unpaired) electrons. The van der Waals surface area contributed by atoms with E-state index in [0.29, 0.717) is 23.1 Å². The highest BCUT2D eigenvalue weighted by Crippen LogP contribution is 2.29. The molecule has 0 atom stereocenters. The van der Waals surface area contributed by atoms with Gasteiger partial charge in [0.25, 0.3) is 5.91 Å². The number of nitrogens with one attached hydrogen (secondary N) is 2. The Labute approximate surface area is 161 Å². The molecule has 0 spiro atoms. The molecular formula is C19H21N5O2S. The van der Waals surface area contributed by atoms with Crippen LogP contribution in [-0.4, -0.2) is 27.5 Å². The average Bonchev–Trinajstić information content (AvgIpc) is 3.02. The minimum atomic E-state index is -0.273. The van der Waals surface area contributed by atoms with E-state index < -0.39 is 0 Å². The largest absolute Gasteiger partial charge is 0.494 e. The fourth-order valence-corrected chi connectivity index (χ4v) is 3.51. The second-order valence-corrected chi connectivity index (χ2v) is 6.94. The topological polar surface area (TPSA) is 89.0 Å². The van der Waals surface area contributed by atoms with Gasteiger partial charge in [0.15, 0.2) is 0 Å². The van der Waals surface area contributed by atoms with Gasteiger partial charge in [-0.3, -0.25) is 15.6 Å². The Morgan fingerprint density at radius 3 is 2.37 bits per heavy atom. The third kappa shape index (κ3) is 4.59. The Morgan fingerprint density at radius 2 is 1.74 bits per heavy atom. The first-order valence-corrected chi connectivity index (χ1v) is 9.37. The number of benzene rings is 1. The lowest BCUT2D eigenvalue weighted by atomic mass is 10.2. The molecule has 7 nitrogen and oxygen atoms in total. The molecule has 0 saturated heterocycles. The van der Waals surface area contributed by atoms with Crippen molar-refractivity contribution in [3.63, 3.8) is 0 Å². The van der Waals surface area contributed by atoms with Crippen LogP contribution in [-0.2, 0) is 0 Å². The molecule has 0 saturated carbocycles. The molecule has 140 valence electrons. The number of aromatic nitrogens is 3. The number of nitrogens with zero attached hydrogens (tertiary/aromatic N) is 3. The summed E-state index contributed by atoms with van der Waals surface area (Å²) < 4.78 is 5.45. The van der Waals surface area contributed by atoms with Crippen molar-refractivity contribution in [2.24, 2.45) is 0 Å². The number of thiazole rings is 1. The molecule has 3 rings (SSSR count). The first-order valence-electron chi connectivity index (χ1n) is 8.55. The molecule has 0 aliphatic rings. The summed E-state index contributed by atoms with van der Waals surface area (Å²) in [5.74, 6) is 0.893. The number of carbonyl (C=O) groups excluding carboxylic acids is 1. The number of amides is 1. The average molecular weight is 383 g/mol. The summed E-state index contributed by atoms with van der Waals surface area (Å²) in [6, 6.07) is 9.53. The Hall–Kier alpha value is -3.00. The van der Waals surface area contributed by atoms with Crippen LogP contribution in [0.2, 0.25) is 0 Å². The number of hydrazine groups is 1. The van der Waals surface area contributed by atoms with Crippen LogP contribution in [0.5, 0.6) is 5.75 Å². The monoisotopic (exact) mass is 383 g/mol. The van der Waals surface area contributed by atoms with Crippen molar-refractivity contribution in [3.8, 4) is 16.3 Å². The van der Waals surface area contributed by atoms with Gasteiger partial charge in [0, 0.05) is 17.0 Å². The van der Waals surface area contributed by atoms with Gasteiger partial charge in [0.2, 0.25) is 5.95 Å². The van der Waals surface area contributed by atoms with Crippen LogP contribution in [0.1, 0.15) is 33.7 Å². The number of anilines is 1. The van der Waals surface area contributed by atoms with Crippen molar-refractivity contribution in [1.82, 2.24) is 20.4 Å². The number of aryl methyl sites for hydroxylation is 3. The molecule has 8 heteroatoms. The first kappa shape index (κ1) is 18.8. The lowest BCUT2D eigenvalue weighted by Crippen LogP contribution is -2.30. The highest BCUT2D eigenvalue weighted by atomic mass is 32.1. The molecule has 0 bridgehead atoms. The second kappa shape index (κ2) is 8.13. The van der Waals surface area contributed by atoms with E-state index in [9.17, 15) is 4.79 Å². The maximum Gasteiger partial charge on any atom is 0.281 e. The lowest BCUT2D eigenvalue weighted by Gasteiger charge is -2.07. The second-order valence-electron chi connectivity index (χ2n) is 5.94. The predicted octanol–water partition coefficient (Wildman–Crippen LogP) is 3.68. The summed E-state index contributed by atoms with van der Waals surface area (Å²) in [5, 5.41) is 0.781. The normalized spacial score (nSPS) is 10.5. The van der Waals surface area contributed by atoms with Crippen LogP contribution in [0.15, 0.2) is 30.3 Å². The van der Waals surface area contributed by atoms with Gasteiger partial charge >= 0.3 is 0 Å². The van der Waals surface area contributed by atoms with Crippen LogP contribution >= 0.6 is 11.3 Å². The highest BCUT2D eigenvalue weighted by molar-refractivity contribution is 7.17. The van der Waals surface area contributed by atoms with Gasteiger partial charge in [0.1, 0.15) is 15.6 Å². The van der Waals surface area contributed by atoms with Crippen molar-refractivity contribution in [3.05, 3.63) is 52.3 Å². The van der Waals surface area contributed by atoms with E-state index >= 15 is 0 Å². The predicted molar refractivity (Wildman–Crippen MR) is 106 cm³/mol. The van der Waals surface area contributed by atoms with Crippen LogP contribution < -0.4 is 15.6 Å². The summed E-state index contributed by atoms with van der Waals surface area (Å²) in [4.78, 5) is 26.0. The summed E-state index contributed by atoms with van der Waals surface area (Å²) in [5.41, 5.74) is 8.66. The number of hydrogen-bond donors (Lipinski definition) is 2. The van der Waals surface area contributed by atoms with E-state index in [2.05, 4.69) is 25.8 Å². The minimum absolute atomic E-state index is 0.273. The number of hydrogen-bond acceptors (Lipinski definition) is 7. The summed E-state index contributed by atoms with van der Waals surface area (Å²) >= 11 is 1.34. The van der Waals surface area contributed by atoms with Crippen LogP contribution in [0, 0.1) is 20.8 Å². The highest BCUT2D eigenvalue weighted by Gasteiger charge is 2.16. The standard InChI is InChI=1S/C19H21N5O2S/c1-5-26-15-8-6-14(7-9-15)18-22-13(4)16(27-18)17(25)23-24-19-20-11(2)10-12(3)21-19/h6-10H,5H2,1-4H3,(H,23,25)(H,20,21,24). The molecule has 2 aromatic heterocycles. The van der Waals surface area contributed by atoms with Gasteiger partial charge in [-0.15, -0.1) is 11.3 Å². The molecular weight excluding hydrogens is 362 g/mol. The maximum absolute atomic E-state index is 12.5. The molecule has 0 aliphatic carbocycles. The van der Waals surface area contributed by atoms with Gasteiger partial charge in [-0.05, 0) is 58.0 Å². The summed E-state index contributed by atoms with van der Waals surface area (Å²) in [6.07, 6.45) is 0. The molecule has 0 fully saturated rings. The number of carbonyl (C=O) groups is 1. The van der Waals surface area contributed by atoms with Crippen LogP contribution in [0.3, 0.4) is 0 Å². The summed E-state index contributed by atoms with van der Waals surface area (Å²) in [6.45, 7) is 8.13. The van der Waals surface area contributed by atoms with E-state index in [0.717, 1.165) is 27.7 Å². The van der Waals surface area contributed by atoms with Gasteiger partial charge in [-0.1, -0.05) is 0 Å². The third-order valence-electron chi connectivity index (χ3n) is 3.69. The Kier molecular flexibility index (Phi) is 5.66. The first-order chi connectivity index (χ1) is 13.0. The van der Waals surface area contributed by atoms with E-state index in [-0.39, 0.29) is 5.91 Å². The van der Waals surface area contributed by atoms with Gasteiger partial charge < -0.3 is 4.74 Å². The Bertz CT molecular complexity index is 933.